The summed E-state index contributed by atoms with van der Waals surface area (Å²) in [7, 11) is 0. The Kier molecular flexibility index (Phi) is 3.21. The molecule has 1 unspecified atom stereocenters. The second-order valence-electron chi connectivity index (χ2n) is 6.77. The lowest BCUT2D eigenvalue weighted by Gasteiger charge is -2.29. The first-order chi connectivity index (χ1) is 12.2. The molecule has 0 radical (unpaired) electrons. The van der Waals surface area contributed by atoms with E-state index in [1.54, 1.807) is 6.07 Å². The second kappa shape index (κ2) is 5.45. The highest BCUT2D eigenvalue weighted by Crippen LogP contribution is 2.49. The van der Waals surface area contributed by atoms with E-state index in [-0.39, 0.29) is 29.2 Å². The van der Waals surface area contributed by atoms with Gasteiger partial charge in [0.1, 0.15) is 11.0 Å². The molecule has 2 aromatic heterocycles. The predicted molar refractivity (Wildman–Crippen MR) is 93.6 cm³/mol. The van der Waals surface area contributed by atoms with Crippen LogP contribution in [-0.4, -0.2) is 24.9 Å². The van der Waals surface area contributed by atoms with Crippen LogP contribution in [0.2, 0.25) is 0 Å². The Bertz CT molecular complexity index is 1040. The van der Waals surface area contributed by atoms with Crippen molar-refractivity contribution in [1.82, 2.24) is 18.9 Å². The number of amides is 1. The van der Waals surface area contributed by atoms with Gasteiger partial charge in [0, 0.05) is 23.6 Å². The van der Waals surface area contributed by atoms with Crippen molar-refractivity contribution in [3.8, 4) is 0 Å². The van der Waals surface area contributed by atoms with E-state index in [0.717, 1.165) is 59.0 Å². The fourth-order valence-electron chi connectivity index (χ4n) is 4.32. The van der Waals surface area contributed by atoms with Crippen LogP contribution in [0.3, 0.4) is 0 Å². The molecule has 1 fully saturated rings. The fraction of sp³-hybridized carbons (Fsp3) is 0.353. The van der Waals surface area contributed by atoms with Gasteiger partial charge in [-0.15, -0.1) is 0 Å². The average molecular weight is 353 g/mol. The lowest BCUT2D eigenvalue weighted by atomic mass is 9.77. The van der Waals surface area contributed by atoms with E-state index in [2.05, 4.69) is 24.3 Å². The van der Waals surface area contributed by atoms with E-state index in [9.17, 15) is 9.59 Å². The van der Waals surface area contributed by atoms with Crippen molar-refractivity contribution in [2.24, 2.45) is 11.8 Å². The first-order valence-corrected chi connectivity index (χ1v) is 9.04. The molecule has 0 saturated heterocycles. The summed E-state index contributed by atoms with van der Waals surface area (Å²) in [4.78, 5) is 24.4. The largest absolute Gasteiger partial charge is 0.326 e. The fourth-order valence-corrected chi connectivity index (χ4v) is 4.84. The number of nitrogens with zero attached hydrogens (tertiary/aromatic N) is 3. The number of nitrogens with one attached hydrogen (secondary N) is 2. The zero-order valence-corrected chi connectivity index (χ0v) is 14.0. The van der Waals surface area contributed by atoms with Crippen LogP contribution in [0.1, 0.15) is 30.0 Å². The van der Waals surface area contributed by atoms with Crippen molar-refractivity contribution in [3.63, 3.8) is 0 Å². The van der Waals surface area contributed by atoms with Crippen molar-refractivity contribution in [2.45, 2.75) is 25.2 Å². The van der Waals surface area contributed by atoms with Gasteiger partial charge in [-0.1, -0.05) is 0 Å². The highest BCUT2D eigenvalue weighted by Gasteiger charge is 2.46. The summed E-state index contributed by atoms with van der Waals surface area (Å²) in [5, 5.41) is 9.79. The third-order valence-corrected chi connectivity index (χ3v) is 5.92. The van der Waals surface area contributed by atoms with E-state index >= 15 is 0 Å². The number of carbonyl (C=O) groups is 1. The molecule has 2 heterocycles. The smallest absolute Gasteiger partial charge is 0.264 e. The van der Waals surface area contributed by atoms with E-state index in [1.165, 1.54) is 0 Å². The molecule has 1 amide bonds. The first-order valence-electron chi connectivity index (χ1n) is 8.31. The topological polar surface area (TPSA) is 101 Å². The van der Waals surface area contributed by atoms with Crippen molar-refractivity contribution < 1.29 is 4.79 Å². The number of anilines is 1. The average Bonchev–Trinajstić information content (AvgIpc) is 3.18. The van der Waals surface area contributed by atoms with Gasteiger partial charge in [0.05, 0.1) is 17.4 Å². The number of aromatic nitrogens is 4. The maximum Gasteiger partial charge on any atom is 0.264 e. The number of H-pyrrole nitrogens is 1. The standard InChI is InChI=1S/C17H15N5O2S/c23-14-6-9-5-8-1-3-11(16(9)20-19-14)15(8)17(24)18-10-2-4-12-13(7-10)22-25-21-12/h2,4,6-8,11,15H,1,3,5H2,(H,18,24)(H,19,23)/t8-,11+,15?/m0/s1. The molecular weight excluding hydrogens is 338 g/mol. The van der Waals surface area contributed by atoms with Gasteiger partial charge < -0.3 is 5.32 Å². The molecule has 3 atom stereocenters. The van der Waals surface area contributed by atoms with E-state index < -0.39 is 0 Å². The Labute approximate surface area is 146 Å². The van der Waals surface area contributed by atoms with Crippen LogP contribution in [0.15, 0.2) is 29.1 Å². The monoisotopic (exact) mass is 353 g/mol. The van der Waals surface area contributed by atoms with Crippen LogP contribution in [0, 0.1) is 11.8 Å². The maximum atomic E-state index is 12.9. The summed E-state index contributed by atoms with van der Waals surface area (Å²) in [5.74, 6) is 0.268. The number of hydrogen-bond donors (Lipinski definition) is 2. The Morgan fingerprint density at radius 3 is 3.00 bits per heavy atom. The molecule has 1 saturated carbocycles. The quantitative estimate of drug-likeness (QED) is 0.735. The Morgan fingerprint density at radius 1 is 1.20 bits per heavy atom. The van der Waals surface area contributed by atoms with Crippen molar-refractivity contribution in [2.75, 3.05) is 5.32 Å². The van der Waals surface area contributed by atoms with Crippen LogP contribution >= 0.6 is 11.7 Å². The van der Waals surface area contributed by atoms with Gasteiger partial charge in [-0.25, -0.2) is 5.10 Å². The van der Waals surface area contributed by atoms with Crippen LogP contribution in [-0.2, 0) is 11.2 Å². The Balaban J connectivity index is 1.44. The van der Waals surface area contributed by atoms with Gasteiger partial charge in [0.15, 0.2) is 0 Å². The highest BCUT2D eigenvalue weighted by molar-refractivity contribution is 7.00. The molecule has 126 valence electrons. The number of benzene rings is 1. The zero-order valence-electron chi connectivity index (χ0n) is 13.2. The minimum Gasteiger partial charge on any atom is -0.326 e. The molecule has 1 aromatic carbocycles. The molecule has 8 heteroatoms. The molecule has 3 aromatic rings. The van der Waals surface area contributed by atoms with E-state index in [0.29, 0.717) is 0 Å². The van der Waals surface area contributed by atoms with Gasteiger partial charge in [-0.3, -0.25) is 9.59 Å². The maximum absolute atomic E-state index is 12.9. The number of fused-ring (bicyclic) bond motifs is 5. The predicted octanol–water partition coefficient (Wildman–Crippen LogP) is 2.08. The van der Waals surface area contributed by atoms with Gasteiger partial charge >= 0.3 is 0 Å². The van der Waals surface area contributed by atoms with Crippen LogP contribution in [0.25, 0.3) is 11.0 Å². The molecule has 0 aliphatic heterocycles. The molecular formula is C17H15N5O2S. The normalized spacial score (nSPS) is 24.2. The molecule has 7 nitrogen and oxygen atoms in total. The van der Waals surface area contributed by atoms with Crippen LogP contribution < -0.4 is 10.9 Å². The molecule has 2 aliphatic rings. The molecule has 0 spiro atoms. The molecule has 2 bridgehead atoms. The SMILES string of the molecule is O=C(Nc1ccc2nsnc2c1)C1[C@H]2CC[C@H]1c1n[nH]c(=O)cc1C2. The molecule has 2 N–H and O–H groups in total. The van der Waals surface area contributed by atoms with Crippen molar-refractivity contribution in [1.29, 1.82) is 0 Å². The minimum absolute atomic E-state index is 0.0219. The third-order valence-electron chi connectivity index (χ3n) is 5.37. The Morgan fingerprint density at radius 2 is 2.08 bits per heavy atom. The summed E-state index contributed by atoms with van der Waals surface area (Å²) in [6.45, 7) is 0. The number of aromatic amines is 1. The van der Waals surface area contributed by atoms with Crippen LogP contribution in [0.4, 0.5) is 5.69 Å². The Hall–Kier alpha value is -2.61. The third kappa shape index (κ3) is 2.36. The van der Waals surface area contributed by atoms with Gasteiger partial charge in [-0.05, 0) is 48.9 Å². The van der Waals surface area contributed by atoms with Crippen molar-refractivity contribution >= 4 is 34.4 Å². The highest BCUT2D eigenvalue weighted by atomic mass is 32.1. The van der Waals surface area contributed by atoms with E-state index in [4.69, 9.17) is 0 Å². The summed E-state index contributed by atoms with van der Waals surface area (Å²) in [6, 6.07) is 7.21. The summed E-state index contributed by atoms with van der Waals surface area (Å²) < 4.78 is 8.39. The van der Waals surface area contributed by atoms with Gasteiger partial charge in [0.2, 0.25) is 5.91 Å². The molecule has 2 aliphatic carbocycles. The summed E-state index contributed by atoms with van der Waals surface area (Å²) in [5.41, 5.74) is 4.07. The summed E-state index contributed by atoms with van der Waals surface area (Å²) in [6.07, 6.45) is 2.67. The minimum atomic E-state index is -0.175. The van der Waals surface area contributed by atoms with Gasteiger partial charge in [0.25, 0.3) is 5.56 Å². The second-order valence-corrected chi connectivity index (χ2v) is 7.30. The lowest BCUT2D eigenvalue weighted by Crippen LogP contribution is -2.35. The summed E-state index contributed by atoms with van der Waals surface area (Å²) >= 11 is 1.16. The van der Waals surface area contributed by atoms with Gasteiger partial charge in [-0.2, -0.15) is 13.8 Å². The van der Waals surface area contributed by atoms with Crippen LogP contribution in [0.5, 0.6) is 0 Å². The molecule has 5 rings (SSSR count). The number of hydrogen-bond acceptors (Lipinski definition) is 6. The van der Waals surface area contributed by atoms with E-state index in [1.807, 2.05) is 18.2 Å². The van der Waals surface area contributed by atoms with Crippen molar-refractivity contribution in [3.05, 3.63) is 45.9 Å². The lowest BCUT2D eigenvalue weighted by molar-refractivity contribution is -0.121. The molecule has 25 heavy (non-hydrogen) atoms. The zero-order chi connectivity index (χ0) is 17.0. The number of rotatable bonds is 2. The number of carbonyl (C=O) groups excluding carboxylic acids is 1. The first kappa shape index (κ1) is 14.7.